The summed E-state index contributed by atoms with van der Waals surface area (Å²) >= 11 is 3.15. The first-order valence-corrected chi connectivity index (χ1v) is 7.89. The van der Waals surface area contributed by atoms with Gasteiger partial charge >= 0.3 is 5.97 Å². The van der Waals surface area contributed by atoms with Crippen LogP contribution >= 0.6 is 15.9 Å². The summed E-state index contributed by atoms with van der Waals surface area (Å²) in [5.74, 6) is -0.815. The van der Waals surface area contributed by atoms with Crippen molar-refractivity contribution in [3.8, 4) is 6.07 Å². The number of halogens is 2. The van der Waals surface area contributed by atoms with Crippen LogP contribution in [-0.4, -0.2) is 13.1 Å². The fourth-order valence-electron chi connectivity index (χ4n) is 2.21. The number of hydrogen-bond donors (Lipinski definition) is 0. The number of nitrogens with zero attached hydrogens (tertiary/aromatic N) is 1. The highest BCUT2D eigenvalue weighted by atomic mass is 79.9. The molecule has 0 saturated carbocycles. The van der Waals surface area contributed by atoms with Crippen molar-refractivity contribution >= 4 is 21.9 Å². The van der Waals surface area contributed by atoms with Gasteiger partial charge < -0.3 is 9.47 Å². The highest BCUT2D eigenvalue weighted by molar-refractivity contribution is 9.10. The van der Waals surface area contributed by atoms with Crippen LogP contribution < -0.4 is 0 Å². The first-order chi connectivity index (χ1) is 11.5. The maximum Gasteiger partial charge on any atom is 0.338 e. The Morgan fingerprint density at radius 2 is 1.96 bits per heavy atom. The minimum atomic E-state index is -0.487. The fraction of sp³-hybridized carbons (Fsp3) is 0.222. The van der Waals surface area contributed by atoms with Crippen LogP contribution in [0, 0.1) is 24.1 Å². The Morgan fingerprint density at radius 3 is 2.62 bits per heavy atom. The SMILES string of the molecule is COC(=O)c1ccc(C#N)cc1COCc1cc(Br)c(F)cc1C. The number of hydrogen-bond acceptors (Lipinski definition) is 4. The molecule has 2 aromatic carbocycles. The lowest BCUT2D eigenvalue weighted by Gasteiger charge is -2.11. The molecule has 0 aliphatic rings. The van der Waals surface area contributed by atoms with Crippen LogP contribution in [0.4, 0.5) is 4.39 Å². The van der Waals surface area contributed by atoms with Crippen LogP contribution in [-0.2, 0) is 22.7 Å². The zero-order valence-electron chi connectivity index (χ0n) is 13.2. The Bertz CT molecular complexity index is 815. The van der Waals surface area contributed by atoms with Crippen molar-refractivity contribution in [1.29, 1.82) is 5.26 Å². The first kappa shape index (κ1) is 18.1. The van der Waals surface area contributed by atoms with E-state index in [0.29, 0.717) is 21.2 Å². The standard InChI is InChI=1S/C18H15BrFNO3/c1-11-5-17(20)16(19)7-13(11)9-24-10-14-6-12(8-21)3-4-15(14)18(22)23-2/h3-7H,9-10H2,1-2H3. The lowest BCUT2D eigenvalue weighted by Crippen LogP contribution is -2.08. The molecule has 0 saturated heterocycles. The number of methoxy groups -OCH3 is 1. The number of aryl methyl sites for hydroxylation is 1. The largest absolute Gasteiger partial charge is 0.465 e. The molecule has 0 aliphatic carbocycles. The summed E-state index contributed by atoms with van der Waals surface area (Å²) in [6, 6.07) is 9.81. The van der Waals surface area contributed by atoms with Crippen molar-refractivity contribution in [1.82, 2.24) is 0 Å². The fourth-order valence-corrected chi connectivity index (χ4v) is 2.60. The number of rotatable bonds is 5. The zero-order chi connectivity index (χ0) is 17.7. The number of carbonyl (C=O) groups is 1. The number of ether oxygens (including phenoxy) is 2. The van der Waals surface area contributed by atoms with Crippen LogP contribution in [0.5, 0.6) is 0 Å². The number of esters is 1. The maximum atomic E-state index is 13.4. The van der Waals surface area contributed by atoms with Gasteiger partial charge in [0.2, 0.25) is 0 Å². The maximum absolute atomic E-state index is 13.4. The van der Waals surface area contributed by atoms with Crippen molar-refractivity contribution in [3.63, 3.8) is 0 Å². The van der Waals surface area contributed by atoms with E-state index >= 15 is 0 Å². The van der Waals surface area contributed by atoms with E-state index in [1.165, 1.54) is 13.2 Å². The average molecular weight is 392 g/mol. The van der Waals surface area contributed by atoms with E-state index in [-0.39, 0.29) is 19.0 Å². The van der Waals surface area contributed by atoms with Gasteiger partial charge in [-0.2, -0.15) is 5.26 Å². The Kier molecular flexibility index (Phi) is 6.07. The van der Waals surface area contributed by atoms with Crippen molar-refractivity contribution in [3.05, 3.63) is 68.4 Å². The molecular formula is C18H15BrFNO3. The van der Waals surface area contributed by atoms with Crippen LogP contribution in [0.1, 0.15) is 32.6 Å². The second kappa shape index (κ2) is 8.04. The van der Waals surface area contributed by atoms with Gasteiger partial charge in [-0.05, 0) is 69.9 Å². The van der Waals surface area contributed by atoms with E-state index in [1.807, 2.05) is 6.07 Å². The molecule has 0 heterocycles. The molecular weight excluding hydrogens is 377 g/mol. The lowest BCUT2D eigenvalue weighted by molar-refractivity contribution is 0.0590. The van der Waals surface area contributed by atoms with Crippen molar-refractivity contribution in [2.45, 2.75) is 20.1 Å². The van der Waals surface area contributed by atoms with Gasteiger partial charge in [-0.15, -0.1) is 0 Å². The van der Waals surface area contributed by atoms with Gasteiger partial charge in [-0.25, -0.2) is 9.18 Å². The Hall–Kier alpha value is -2.23. The average Bonchev–Trinajstić information content (AvgIpc) is 2.58. The van der Waals surface area contributed by atoms with Gasteiger partial charge in [0.05, 0.1) is 42.0 Å². The van der Waals surface area contributed by atoms with Gasteiger partial charge in [0.1, 0.15) is 5.82 Å². The second-order valence-electron chi connectivity index (χ2n) is 5.16. The molecule has 4 nitrogen and oxygen atoms in total. The molecule has 0 radical (unpaired) electrons. The monoisotopic (exact) mass is 391 g/mol. The van der Waals surface area contributed by atoms with Crippen LogP contribution in [0.15, 0.2) is 34.8 Å². The molecule has 2 rings (SSSR count). The quantitative estimate of drug-likeness (QED) is 0.713. The molecule has 0 aliphatic heterocycles. The van der Waals surface area contributed by atoms with E-state index in [9.17, 15) is 9.18 Å². The summed E-state index contributed by atoms with van der Waals surface area (Å²) in [4.78, 5) is 11.8. The molecule has 0 unspecified atom stereocenters. The molecule has 0 atom stereocenters. The molecule has 0 aromatic heterocycles. The third-order valence-corrected chi connectivity index (χ3v) is 4.14. The summed E-state index contributed by atoms with van der Waals surface area (Å²) in [6.45, 7) is 2.18. The number of nitriles is 1. The van der Waals surface area contributed by atoms with E-state index < -0.39 is 5.97 Å². The Balaban J connectivity index is 2.16. The third-order valence-electron chi connectivity index (χ3n) is 3.53. The number of benzene rings is 2. The van der Waals surface area contributed by atoms with Gasteiger partial charge in [0, 0.05) is 0 Å². The summed E-state index contributed by atoms with van der Waals surface area (Å²) in [5, 5.41) is 9.00. The summed E-state index contributed by atoms with van der Waals surface area (Å²) in [7, 11) is 1.30. The molecule has 6 heteroatoms. The second-order valence-corrected chi connectivity index (χ2v) is 6.02. The highest BCUT2D eigenvalue weighted by Crippen LogP contribution is 2.22. The molecule has 0 amide bonds. The molecule has 24 heavy (non-hydrogen) atoms. The summed E-state index contributed by atoms with van der Waals surface area (Å²) in [6.07, 6.45) is 0. The molecule has 0 bridgehead atoms. The molecule has 124 valence electrons. The van der Waals surface area contributed by atoms with Crippen molar-refractivity contribution in [2.75, 3.05) is 7.11 Å². The lowest BCUT2D eigenvalue weighted by atomic mass is 10.0. The van der Waals surface area contributed by atoms with E-state index in [2.05, 4.69) is 15.9 Å². The molecule has 0 N–H and O–H groups in total. The zero-order valence-corrected chi connectivity index (χ0v) is 14.8. The highest BCUT2D eigenvalue weighted by Gasteiger charge is 2.13. The predicted molar refractivity (Wildman–Crippen MR) is 89.8 cm³/mol. The third kappa shape index (κ3) is 4.19. The number of carbonyl (C=O) groups excluding carboxylic acids is 1. The minimum absolute atomic E-state index is 0.133. The van der Waals surface area contributed by atoms with Gasteiger partial charge in [-0.3, -0.25) is 0 Å². The van der Waals surface area contributed by atoms with Gasteiger partial charge in [0.15, 0.2) is 0 Å². The van der Waals surface area contributed by atoms with Crippen LogP contribution in [0.3, 0.4) is 0 Å². The molecule has 0 spiro atoms. The summed E-state index contributed by atoms with van der Waals surface area (Å²) in [5.41, 5.74) is 2.96. The van der Waals surface area contributed by atoms with E-state index in [4.69, 9.17) is 14.7 Å². The minimum Gasteiger partial charge on any atom is -0.465 e. The van der Waals surface area contributed by atoms with Crippen molar-refractivity contribution in [2.24, 2.45) is 0 Å². The topological polar surface area (TPSA) is 59.3 Å². The van der Waals surface area contributed by atoms with Crippen LogP contribution in [0.25, 0.3) is 0 Å². The predicted octanol–water partition coefficient (Wildman–Crippen LogP) is 4.27. The van der Waals surface area contributed by atoms with Crippen molar-refractivity contribution < 1.29 is 18.7 Å². The van der Waals surface area contributed by atoms with E-state index in [0.717, 1.165) is 11.1 Å². The van der Waals surface area contributed by atoms with Gasteiger partial charge in [0.25, 0.3) is 0 Å². The Morgan fingerprint density at radius 1 is 1.25 bits per heavy atom. The van der Waals surface area contributed by atoms with E-state index in [1.54, 1.807) is 31.2 Å². The molecule has 0 fully saturated rings. The van der Waals surface area contributed by atoms with Gasteiger partial charge in [-0.1, -0.05) is 0 Å². The van der Waals surface area contributed by atoms with Crippen LogP contribution in [0.2, 0.25) is 0 Å². The smallest absolute Gasteiger partial charge is 0.338 e. The molecule has 2 aromatic rings. The Labute approximate surface area is 147 Å². The summed E-state index contributed by atoms with van der Waals surface area (Å²) < 4.78 is 24.2. The first-order valence-electron chi connectivity index (χ1n) is 7.10. The normalized spacial score (nSPS) is 10.3.